The van der Waals surface area contributed by atoms with Gasteiger partial charge in [-0.2, -0.15) is 5.06 Å². The van der Waals surface area contributed by atoms with Crippen molar-refractivity contribution in [1.82, 2.24) is 9.96 Å². The maximum Gasteiger partial charge on any atom is 0.407 e. The van der Waals surface area contributed by atoms with Gasteiger partial charge in [0.25, 0.3) is 0 Å². The number of hydrogen-bond acceptors (Lipinski definition) is 3. The lowest BCUT2D eigenvalue weighted by Gasteiger charge is -2.62. The summed E-state index contributed by atoms with van der Waals surface area (Å²) in [5.41, 5.74) is 0.111. The molecule has 1 fully saturated rings. The molecule has 5 nitrogen and oxygen atoms in total. The number of nitrogens with zero attached hydrogens (tertiary/aromatic N) is 2. The van der Waals surface area contributed by atoms with Crippen LogP contribution in [0.25, 0.3) is 0 Å². The molecular formula is C25H42N2O3. The molecule has 1 heterocycles. The van der Waals surface area contributed by atoms with Crippen molar-refractivity contribution in [2.24, 2.45) is 5.92 Å². The van der Waals surface area contributed by atoms with Crippen molar-refractivity contribution in [3.8, 4) is 0 Å². The van der Waals surface area contributed by atoms with Gasteiger partial charge in [0.15, 0.2) is 0 Å². The summed E-state index contributed by atoms with van der Waals surface area (Å²) >= 11 is 0. The molecule has 170 valence electrons. The molecule has 1 aromatic carbocycles. The molecular weight excluding hydrogens is 376 g/mol. The molecule has 30 heavy (non-hydrogen) atoms. The molecule has 5 heteroatoms. The Bertz CT molecular complexity index is 717. The third-order valence-electron chi connectivity index (χ3n) is 7.43. The Kier molecular flexibility index (Phi) is 7.30. The van der Waals surface area contributed by atoms with Gasteiger partial charge in [-0.3, -0.25) is 4.84 Å². The molecule has 1 amide bonds. The summed E-state index contributed by atoms with van der Waals surface area (Å²) in [6.45, 7) is 19.1. The molecule has 0 spiro atoms. The average Bonchev–Trinajstić information content (AvgIpc) is 2.68. The molecule has 1 aliphatic heterocycles. The Hall–Kier alpha value is -1.59. The normalized spacial score (nSPS) is 31.4. The molecule has 1 N–H and O–H groups in total. The molecule has 1 aromatic rings. The largest absolute Gasteiger partial charge is 0.465 e. The maximum absolute atomic E-state index is 12.3. The highest BCUT2D eigenvalue weighted by molar-refractivity contribution is 5.66. The third kappa shape index (κ3) is 4.52. The number of carbonyl (C=O) groups is 1. The van der Waals surface area contributed by atoms with Crippen molar-refractivity contribution < 1.29 is 14.7 Å². The number of rotatable bonds is 6. The monoisotopic (exact) mass is 418 g/mol. The van der Waals surface area contributed by atoms with Crippen molar-refractivity contribution in [3.63, 3.8) is 0 Å². The summed E-state index contributed by atoms with van der Waals surface area (Å²) in [6, 6.07) is 10.2. The molecule has 0 saturated carbocycles. The summed E-state index contributed by atoms with van der Waals surface area (Å²) in [6.07, 6.45) is 1.57. The van der Waals surface area contributed by atoms with E-state index in [-0.39, 0.29) is 29.1 Å². The molecule has 0 aliphatic carbocycles. The average molecular weight is 419 g/mol. The summed E-state index contributed by atoms with van der Waals surface area (Å²) in [4.78, 5) is 20.7. The van der Waals surface area contributed by atoms with Crippen LogP contribution in [0.15, 0.2) is 30.3 Å². The highest BCUT2D eigenvalue weighted by atomic mass is 16.7. The minimum absolute atomic E-state index is 0.0788. The number of hydrogen-bond donors (Lipinski definition) is 1. The highest BCUT2D eigenvalue weighted by Crippen LogP contribution is 2.49. The second kappa shape index (κ2) is 8.88. The fourth-order valence-corrected chi connectivity index (χ4v) is 5.11. The van der Waals surface area contributed by atoms with Crippen LogP contribution in [0.2, 0.25) is 0 Å². The molecule has 5 unspecified atom stereocenters. The molecule has 1 aliphatic rings. The second-order valence-corrected chi connectivity index (χ2v) is 10.4. The fraction of sp³-hybridized carbons (Fsp3) is 0.720. The van der Waals surface area contributed by atoms with E-state index in [1.807, 2.05) is 39.0 Å². The minimum Gasteiger partial charge on any atom is -0.465 e. The Morgan fingerprint density at radius 2 is 1.80 bits per heavy atom. The lowest BCUT2D eigenvalue weighted by Crippen LogP contribution is -2.71. The predicted molar refractivity (Wildman–Crippen MR) is 122 cm³/mol. The zero-order valence-electron chi connectivity index (χ0n) is 20.4. The summed E-state index contributed by atoms with van der Waals surface area (Å²) in [5.74, 6) is 0.112. The van der Waals surface area contributed by atoms with Crippen molar-refractivity contribution in [1.29, 1.82) is 0 Å². The van der Waals surface area contributed by atoms with Gasteiger partial charge in [0, 0.05) is 22.7 Å². The summed E-state index contributed by atoms with van der Waals surface area (Å²) < 4.78 is 0. The van der Waals surface area contributed by atoms with Gasteiger partial charge in [-0.1, -0.05) is 51.1 Å². The Morgan fingerprint density at radius 1 is 1.23 bits per heavy atom. The van der Waals surface area contributed by atoms with E-state index in [4.69, 9.17) is 4.84 Å². The van der Waals surface area contributed by atoms with Crippen LogP contribution in [0.5, 0.6) is 0 Å². The first-order valence-corrected chi connectivity index (χ1v) is 11.4. The van der Waals surface area contributed by atoms with Crippen LogP contribution < -0.4 is 0 Å². The van der Waals surface area contributed by atoms with Crippen LogP contribution in [0.3, 0.4) is 0 Å². The number of piperidine rings is 1. The van der Waals surface area contributed by atoms with Gasteiger partial charge < -0.3 is 10.0 Å². The van der Waals surface area contributed by atoms with E-state index in [1.165, 1.54) is 0 Å². The van der Waals surface area contributed by atoms with E-state index in [0.717, 1.165) is 24.8 Å². The minimum atomic E-state index is -0.844. The zero-order valence-corrected chi connectivity index (χ0v) is 20.4. The molecule has 0 bridgehead atoms. The van der Waals surface area contributed by atoms with E-state index in [2.05, 4.69) is 58.7 Å². The fourth-order valence-electron chi connectivity index (χ4n) is 5.11. The van der Waals surface area contributed by atoms with Crippen molar-refractivity contribution in [3.05, 3.63) is 35.9 Å². The molecule has 1 saturated heterocycles. The maximum atomic E-state index is 12.3. The number of carboxylic acid groups (broad SMARTS) is 1. The topological polar surface area (TPSA) is 53.0 Å². The summed E-state index contributed by atoms with van der Waals surface area (Å²) in [7, 11) is 0. The van der Waals surface area contributed by atoms with E-state index in [1.54, 1.807) is 4.90 Å². The van der Waals surface area contributed by atoms with Crippen LogP contribution in [-0.4, -0.2) is 43.8 Å². The number of benzene rings is 1. The van der Waals surface area contributed by atoms with Crippen molar-refractivity contribution in [2.75, 3.05) is 0 Å². The lowest BCUT2D eigenvalue weighted by atomic mass is 9.67. The van der Waals surface area contributed by atoms with E-state index in [0.29, 0.717) is 0 Å². The van der Waals surface area contributed by atoms with Crippen LogP contribution >= 0.6 is 0 Å². The standard InChI is InChI=1S/C25H42N2O3/c1-10-24(8)17-21(26(22(28)29)23(5,6)7)18(3)25(9,11-2)27(24)30-19(4)20-15-13-12-14-16-20/h12-16,18-19,21H,10-11,17H2,1-9H3,(H,28,29). The highest BCUT2D eigenvalue weighted by Gasteiger charge is 2.57. The zero-order chi connectivity index (χ0) is 22.9. The molecule has 2 rings (SSSR count). The summed E-state index contributed by atoms with van der Waals surface area (Å²) in [5, 5.41) is 12.3. The van der Waals surface area contributed by atoms with Crippen LogP contribution in [0, 0.1) is 5.92 Å². The van der Waals surface area contributed by atoms with Gasteiger partial charge in [0.1, 0.15) is 6.10 Å². The van der Waals surface area contributed by atoms with Gasteiger partial charge in [0.2, 0.25) is 0 Å². The van der Waals surface area contributed by atoms with Crippen LogP contribution in [-0.2, 0) is 4.84 Å². The molecule has 0 radical (unpaired) electrons. The van der Waals surface area contributed by atoms with Gasteiger partial charge >= 0.3 is 6.09 Å². The molecule has 5 atom stereocenters. The first-order chi connectivity index (χ1) is 13.8. The first kappa shape index (κ1) is 24.7. The van der Waals surface area contributed by atoms with E-state index in [9.17, 15) is 9.90 Å². The smallest absolute Gasteiger partial charge is 0.407 e. The van der Waals surface area contributed by atoms with E-state index < -0.39 is 11.6 Å². The van der Waals surface area contributed by atoms with Crippen molar-refractivity contribution >= 4 is 6.09 Å². The SMILES string of the molecule is CCC1(C)CC(N(C(=O)O)C(C)(C)C)C(C)C(C)(CC)N1OC(C)c1ccccc1. The van der Waals surface area contributed by atoms with Crippen LogP contribution in [0.4, 0.5) is 4.79 Å². The van der Waals surface area contributed by atoms with Gasteiger partial charge in [-0.25, -0.2) is 4.79 Å². The third-order valence-corrected chi connectivity index (χ3v) is 7.43. The van der Waals surface area contributed by atoms with Gasteiger partial charge in [-0.05, 0) is 72.3 Å². The first-order valence-electron chi connectivity index (χ1n) is 11.4. The number of amides is 1. The molecule has 0 aromatic heterocycles. The Morgan fingerprint density at radius 3 is 2.23 bits per heavy atom. The van der Waals surface area contributed by atoms with E-state index >= 15 is 0 Å². The number of hydroxylamine groups is 2. The Labute approximate surface area is 183 Å². The predicted octanol–water partition coefficient (Wildman–Crippen LogP) is 6.51. The van der Waals surface area contributed by atoms with Gasteiger partial charge in [0.05, 0.1) is 0 Å². The Balaban J connectivity index is 2.49. The quantitative estimate of drug-likeness (QED) is 0.572. The van der Waals surface area contributed by atoms with Crippen molar-refractivity contribution in [2.45, 2.75) is 110 Å². The van der Waals surface area contributed by atoms with Gasteiger partial charge in [-0.15, -0.1) is 0 Å². The lowest BCUT2D eigenvalue weighted by molar-refractivity contribution is -0.332. The van der Waals surface area contributed by atoms with Crippen LogP contribution in [0.1, 0.15) is 93.2 Å². The second-order valence-electron chi connectivity index (χ2n) is 10.4.